The number of nitrogens with one attached hydrogen (secondary N) is 1. The molecule has 0 aromatic heterocycles. The average Bonchev–Trinajstić information content (AvgIpc) is 2.42. The van der Waals surface area contributed by atoms with E-state index in [1.165, 1.54) is 11.8 Å². The molecule has 0 spiro atoms. The first kappa shape index (κ1) is 19.0. The van der Waals surface area contributed by atoms with Crippen molar-refractivity contribution in [3.63, 3.8) is 0 Å². The van der Waals surface area contributed by atoms with Gasteiger partial charge >= 0.3 is 5.51 Å². The van der Waals surface area contributed by atoms with Gasteiger partial charge in [0.15, 0.2) is 0 Å². The molecule has 0 aliphatic rings. The van der Waals surface area contributed by atoms with E-state index in [-0.39, 0.29) is 18.8 Å². The van der Waals surface area contributed by atoms with E-state index in [0.717, 1.165) is 12.1 Å². The first-order chi connectivity index (χ1) is 10.2. The number of aliphatic hydroxyl groups excluding tert-OH is 1. The van der Waals surface area contributed by atoms with Crippen molar-refractivity contribution < 1.29 is 31.1 Å². The molecule has 10 heteroatoms. The highest BCUT2D eigenvalue weighted by atomic mass is 32.2. The van der Waals surface area contributed by atoms with Crippen LogP contribution in [0.2, 0.25) is 0 Å². The molecule has 0 amide bonds. The maximum atomic E-state index is 13.1. The van der Waals surface area contributed by atoms with E-state index in [9.17, 15) is 26.0 Å². The van der Waals surface area contributed by atoms with Gasteiger partial charge in [-0.15, -0.1) is 0 Å². The fourth-order valence-electron chi connectivity index (χ4n) is 1.52. The molecule has 0 unspecified atom stereocenters. The SMILES string of the molecule is O=S(=O)(c1cc(F)ccc1NCCSCCCO)C(F)(F)F. The second-order valence-electron chi connectivity index (χ2n) is 4.21. The van der Waals surface area contributed by atoms with E-state index >= 15 is 0 Å². The summed E-state index contributed by atoms with van der Waals surface area (Å²) < 4.78 is 73.8. The molecule has 0 aliphatic carbocycles. The van der Waals surface area contributed by atoms with Crippen molar-refractivity contribution in [1.82, 2.24) is 0 Å². The summed E-state index contributed by atoms with van der Waals surface area (Å²) in [7, 11) is -5.62. The molecule has 0 heterocycles. The molecule has 1 aromatic carbocycles. The predicted molar refractivity (Wildman–Crippen MR) is 77.2 cm³/mol. The van der Waals surface area contributed by atoms with Crippen LogP contribution >= 0.6 is 11.8 Å². The normalized spacial score (nSPS) is 12.4. The van der Waals surface area contributed by atoms with Crippen molar-refractivity contribution in [2.75, 3.05) is 30.0 Å². The van der Waals surface area contributed by atoms with E-state index in [2.05, 4.69) is 5.32 Å². The molecule has 2 N–H and O–H groups in total. The summed E-state index contributed by atoms with van der Waals surface area (Å²) in [6.07, 6.45) is 0.592. The van der Waals surface area contributed by atoms with Crippen LogP contribution in [0.3, 0.4) is 0 Å². The van der Waals surface area contributed by atoms with Crippen LogP contribution in [0.4, 0.5) is 23.2 Å². The molecule has 4 nitrogen and oxygen atoms in total. The van der Waals surface area contributed by atoms with Crippen LogP contribution in [0.1, 0.15) is 6.42 Å². The molecular formula is C12H15F4NO3S2. The summed E-state index contributed by atoms with van der Waals surface area (Å²) in [6.45, 7) is 0.258. The topological polar surface area (TPSA) is 66.4 Å². The maximum Gasteiger partial charge on any atom is 0.501 e. The number of hydrogen-bond acceptors (Lipinski definition) is 5. The highest BCUT2D eigenvalue weighted by Gasteiger charge is 2.48. The van der Waals surface area contributed by atoms with Crippen LogP contribution < -0.4 is 5.32 Å². The Morgan fingerprint density at radius 1 is 1.23 bits per heavy atom. The number of halogens is 4. The van der Waals surface area contributed by atoms with Crippen LogP contribution in [0.15, 0.2) is 23.1 Å². The van der Waals surface area contributed by atoms with Crippen molar-refractivity contribution in [3.05, 3.63) is 24.0 Å². The Kier molecular flexibility index (Phi) is 6.95. The van der Waals surface area contributed by atoms with Gasteiger partial charge in [0, 0.05) is 18.9 Å². The summed E-state index contributed by atoms with van der Waals surface area (Å²) in [5.41, 5.74) is -5.78. The molecular weight excluding hydrogens is 346 g/mol. The number of aliphatic hydroxyl groups is 1. The summed E-state index contributed by atoms with van der Waals surface area (Å²) >= 11 is 1.45. The third-order valence-electron chi connectivity index (χ3n) is 2.55. The highest BCUT2D eigenvalue weighted by molar-refractivity contribution is 7.99. The number of benzene rings is 1. The standard InChI is InChI=1S/C12H15F4NO3S2/c13-9-2-3-10(17-4-7-21-6-1-5-18)11(8-9)22(19,20)12(14,15)16/h2-3,8,17-18H,1,4-7H2. The molecule has 0 atom stereocenters. The molecule has 126 valence electrons. The van der Waals surface area contributed by atoms with Crippen LogP contribution in [-0.4, -0.2) is 43.7 Å². The monoisotopic (exact) mass is 361 g/mol. The van der Waals surface area contributed by atoms with E-state index < -0.39 is 26.1 Å². The van der Waals surface area contributed by atoms with Crippen LogP contribution in [0, 0.1) is 5.82 Å². The molecule has 0 radical (unpaired) electrons. The molecule has 0 aliphatic heterocycles. The largest absolute Gasteiger partial charge is 0.501 e. The van der Waals surface area contributed by atoms with Gasteiger partial charge in [-0.25, -0.2) is 12.8 Å². The van der Waals surface area contributed by atoms with Crippen molar-refractivity contribution >= 4 is 27.3 Å². The lowest BCUT2D eigenvalue weighted by molar-refractivity contribution is -0.0435. The fourth-order valence-corrected chi connectivity index (χ4v) is 3.25. The van der Waals surface area contributed by atoms with Gasteiger partial charge < -0.3 is 10.4 Å². The minimum absolute atomic E-state index is 0.0480. The number of thioether (sulfide) groups is 1. The summed E-state index contributed by atoms with van der Waals surface area (Å²) in [6, 6.07) is 2.20. The van der Waals surface area contributed by atoms with Gasteiger partial charge in [0.1, 0.15) is 10.7 Å². The number of anilines is 1. The molecule has 0 fully saturated rings. The van der Waals surface area contributed by atoms with Gasteiger partial charge in [0.25, 0.3) is 9.84 Å². The zero-order chi connectivity index (χ0) is 16.8. The zero-order valence-electron chi connectivity index (χ0n) is 11.4. The van der Waals surface area contributed by atoms with E-state index in [1.807, 2.05) is 0 Å². The smallest absolute Gasteiger partial charge is 0.396 e. The Labute approximate surface area is 129 Å². The van der Waals surface area contributed by atoms with E-state index in [4.69, 9.17) is 5.11 Å². The van der Waals surface area contributed by atoms with Crippen molar-refractivity contribution in [1.29, 1.82) is 0 Å². The lowest BCUT2D eigenvalue weighted by atomic mass is 10.3. The number of hydrogen-bond donors (Lipinski definition) is 2. The molecule has 1 aromatic rings. The second kappa shape index (κ2) is 8.02. The minimum Gasteiger partial charge on any atom is -0.396 e. The van der Waals surface area contributed by atoms with E-state index in [0.29, 0.717) is 24.0 Å². The lowest BCUT2D eigenvalue weighted by Gasteiger charge is -2.14. The Balaban J connectivity index is 2.84. The average molecular weight is 361 g/mol. The van der Waals surface area contributed by atoms with E-state index in [1.54, 1.807) is 0 Å². The Hall–Kier alpha value is -1.00. The number of rotatable bonds is 8. The zero-order valence-corrected chi connectivity index (χ0v) is 13.0. The predicted octanol–water partition coefficient (Wildman–Crippen LogP) is 2.65. The Morgan fingerprint density at radius 2 is 1.91 bits per heavy atom. The molecule has 0 saturated heterocycles. The van der Waals surface area contributed by atoms with Gasteiger partial charge in [-0.1, -0.05) is 0 Å². The van der Waals surface area contributed by atoms with Gasteiger partial charge in [-0.3, -0.25) is 0 Å². The van der Waals surface area contributed by atoms with Gasteiger partial charge in [0.05, 0.1) is 5.69 Å². The summed E-state index contributed by atoms with van der Waals surface area (Å²) in [4.78, 5) is -1.12. The molecule has 22 heavy (non-hydrogen) atoms. The fraction of sp³-hybridized carbons (Fsp3) is 0.500. The second-order valence-corrected chi connectivity index (χ2v) is 7.34. The lowest BCUT2D eigenvalue weighted by Crippen LogP contribution is -2.24. The van der Waals surface area contributed by atoms with Crippen LogP contribution in [0.25, 0.3) is 0 Å². The summed E-state index contributed by atoms with van der Waals surface area (Å²) in [5, 5.41) is 11.2. The molecule has 1 rings (SSSR count). The number of sulfone groups is 1. The first-order valence-corrected chi connectivity index (χ1v) is 8.87. The first-order valence-electron chi connectivity index (χ1n) is 6.23. The maximum absolute atomic E-state index is 13.1. The number of alkyl halides is 3. The molecule has 0 saturated carbocycles. The minimum atomic E-state index is -5.62. The highest BCUT2D eigenvalue weighted by Crippen LogP contribution is 2.34. The summed E-state index contributed by atoms with van der Waals surface area (Å²) in [5.74, 6) is 0.115. The molecule has 0 bridgehead atoms. The van der Waals surface area contributed by atoms with Crippen LogP contribution in [-0.2, 0) is 9.84 Å². The van der Waals surface area contributed by atoms with Crippen molar-refractivity contribution in [3.8, 4) is 0 Å². The third kappa shape index (κ3) is 5.03. The van der Waals surface area contributed by atoms with Crippen molar-refractivity contribution in [2.24, 2.45) is 0 Å². The van der Waals surface area contributed by atoms with Crippen LogP contribution in [0.5, 0.6) is 0 Å². The van der Waals surface area contributed by atoms with Gasteiger partial charge in [-0.05, 0) is 30.4 Å². The van der Waals surface area contributed by atoms with Gasteiger partial charge in [0.2, 0.25) is 0 Å². The Morgan fingerprint density at radius 3 is 2.50 bits per heavy atom. The third-order valence-corrected chi connectivity index (χ3v) is 5.14. The quantitative estimate of drug-likeness (QED) is 0.550. The van der Waals surface area contributed by atoms with Crippen molar-refractivity contribution in [2.45, 2.75) is 16.8 Å². The Bertz CT molecular complexity index is 591. The van der Waals surface area contributed by atoms with Gasteiger partial charge in [-0.2, -0.15) is 24.9 Å².